The smallest absolute Gasteiger partial charge is 0.406 e. The summed E-state index contributed by atoms with van der Waals surface area (Å²) in [6.45, 7) is -1.08. The number of aliphatic hydroxyl groups excluding tert-OH is 1. The molecule has 4 rings (SSSR count). The van der Waals surface area contributed by atoms with Crippen LogP contribution in [0.1, 0.15) is 31.4 Å². The summed E-state index contributed by atoms with van der Waals surface area (Å²) in [6.07, 6.45) is -0.687. The molecule has 2 aromatic carbocycles. The van der Waals surface area contributed by atoms with Gasteiger partial charge >= 0.3 is 6.18 Å². The number of methoxy groups -OCH3 is 1. The lowest BCUT2D eigenvalue weighted by atomic mass is 9.93. The monoisotopic (exact) mass is 549 g/mol. The minimum absolute atomic E-state index is 0.0949. The standard InChI is InChI=1S/C27H30F3N3O4S/c1-37-26-16-21(38(2,35)36)12-13-24(26)31-14-4-5-19-15-22-23(32-18-8-10-20(34)11-9-18)6-3-7-25(22)33(19)17-27(28,29)30/h3,6-7,12-13,15-16,18,20,31-32,34H,8-11,14,17H2,1-2H3/t18-,20+. The molecule has 38 heavy (non-hydrogen) atoms. The number of rotatable bonds is 7. The maximum atomic E-state index is 13.5. The highest BCUT2D eigenvalue weighted by atomic mass is 32.2. The Morgan fingerprint density at radius 3 is 2.50 bits per heavy atom. The van der Waals surface area contributed by atoms with Gasteiger partial charge in [0.2, 0.25) is 0 Å². The number of ether oxygens (including phenoxy) is 1. The Morgan fingerprint density at radius 2 is 1.84 bits per heavy atom. The van der Waals surface area contributed by atoms with Crippen LogP contribution < -0.4 is 15.4 Å². The van der Waals surface area contributed by atoms with Gasteiger partial charge in [-0.2, -0.15) is 13.2 Å². The molecule has 1 saturated carbocycles. The van der Waals surface area contributed by atoms with Gasteiger partial charge < -0.3 is 25.0 Å². The normalized spacial score (nSPS) is 18.1. The Morgan fingerprint density at radius 1 is 1.11 bits per heavy atom. The summed E-state index contributed by atoms with van der Waals surface area (Å²) in [5, 5.41) is 16.9. The summed E-state index contributed by atoms with van der Waals surface area (Å²) in [7, 11) is -2.00. The van der Waals surface area contributed by atoms with Crippen molar-refractivity contribution in [3.05, 3.63) is 48.2 Å². The van der Waals surface area contributed by atoms with E-state index in [0.29, 0.717) is 35.2 Å². The first kappa shape index (κ1) is 27.7. The van der Waals surface area contributed by atoms with Gasteiger partial charge in [-0.05, 0) is 61.9 Å². The van der Waals surface area contributed by atoms with E-state index in [1.807, 2.05) is 6.07 Å². The molecule has 0 radical (unpaired) electrons. The zero-order chi connectivity index (χ0) is 27.5. The van der Waals surface area contributed by atoms with Crippen molar-refractivity contribution in [2.45, 2.75) is 55.4 Å². The van der Waals surface area contributed by atoms with Crippen molar-refractivity contribution in [3.63, 3.8) is 0 Å². The number of aliphatic hydroxyl groups is 1. The first-order valence-electron chi connectivity index (χ1n) is 12.2. The van der Waals surface area contributed by atoms with Crippen molar-refractivity contribution in [3.8, 4) is 17.6 Å². The van der Waals surface area contributed by atoms with Crippen molar-refractivity contribution >= 4 is 32.1 Å². The average Bonchev–Trinajstić information content (AvgIpc) is 3.19. The number of sulfone groups is 1. The minimum Gasteiger partial charge on any atom is -0.495 e. The summed E-state index contributed by atoms with van der Waals surface area (Å²) in [6, 6.07) is 11.4. The summed E-state index contributed by atoms with van der Waals surface area (Å²) in [5.74, 6) is 6.04. The molecule has 0 amide bonds. The van der Waals surface area contributed by atoms with Gasteiger partial charge in [0.05, 0.1) is 41.6 Å². The first-order valence-corrected chi connectivity index (χ1v) is 14.1. The predicted octanol–water partition coefficient (Wildman–Crippen LogP) is 4.79. The molecule has 1 aromatic heterocycles. The van der Waals surface area contributed by atoms with E-state index >= 15 is 0 Å². The van der Waals surface area contributed by atoms with Crippen molar-refractivity contribution in [2.75, 3.05) is 30.5 Å². The van der Waals surface area contributed by atoms with Gasteiger partial charge in [0.1, 0.15) is 12.3 Å². The van der Waals surface area contributed by atoms with Crippen LogP contribution in [-0.2, 0) is 16.4 Å². The van der Waals surface area contributed by atoms with Crippen molar-refractivity contribution in [2.24, 2.45) is 0 Å². The number of nitrogens with zero attached hydrogens (tertiary/aromatic N) is 1. The second kappa shape index (κ2) is 11.2. The largest absolute Gasteiger partial charge is 0.495 e. The van der Waals surface area contributed by atoms with E-state index < -0.39 is 22.6 Å². The third kappa shape index (κ3) is 6.74. The Hall–Kier alpha value is -3.36. The van der Waals surface area contributed by atoms with Crippen LogP contribution in [0, 0.1) is 11.8 Å². The zero-order valence-corrected chi connectivity index (χ0v) is 21.9. The number of alkyl halides is 3. The van der Waals surface area contributed by atoms with Gasteiger partial charge in [0.25, 0.3) is 0 Å². The lowest BCUT2D eigenvalue weighted by molar-refractivity contribution is -0.140. The number of anilines is 2. The molecule has 3 N–H and O–H groups in total. The summed E-state index contributed by atoms with van der Waals surface area (Å²) >= 11 is 0. The fourth-order valence-corrected chi connectivity index (χ4v) is 5.26. The van der Waals surface area contributed by atoms with E-state index in [1.165, 1.54) is 23.8 Å². The van der Waals surface area contributed by atoms with Crippen LogP contribution in [0.15, 0.2) is 47.4 Å². The van der Waals surface area contributed by atoms with Crippen molar-refractivity contribution < 1.29 is 31.4 Å². The SMILES string of the molecule is COc1cc(S(C)(=O)=O)ccc1NCC#Cc1cc2c(N[C@H]3CC[C@@H](O)CC3)cccc2n1CC(F)(F)F. The van der Waals surface area contributed by atoms with Gasteiger partial charge in [-0.1, -0.05) is 12.0 Å². The number of hydrogen-bond acceptors (Lipinski definition) is 6. The number of benzene rings is 2. The Labute approximate surface area is 219 Å². The van der Waals surface area contributed by atoms with Crippen molar-refractivity contribution in [1.29, 1.82) is 0 Å². The third-order valence-electron chi connectivity index (χ3n) is 6.52. The lowest BCUT2D eigenvalue weighted by Gasteiger charge is -2.27. The van der Waals surface area contributed by atoms with Crippen LogP contribution >= 0.6 is 0 Å². The molecule has 0 saturated heterocycles. The molecule has 11 heteroatoms. The number of aromatic nitrogens is 1. The van der Waals surface area contributed by atoms with E-state index in [9.17, 15) is 26.7 Å². The predicted molar refractivity (Wildman–Crippen MR) is 141 cm³/mol. The fraction of sp³-hybridized carbons (Fsp3) is 0.407. The number of hydrogen-bond donors (Lipinski definition) is 3. The van der Waals surface area contributed by atoms with Gasteiger partial charge in [-0.25, -0.2) is 8.42 Å². The quantitative estimate of drug-likeness (QED) is 0.367. The molecule has 0 atom stereocenters. The van der Waals surface area contributed by atoms with Crippen LogP contribution in [0.4, 0.5) is 24.5 Å². The van der Waals surface area contributed by atoms with Gasteiger partial charge in [-0.15, -0.1) is 0 Å². The lowest BCUT2D eigenvalue weighted by Crippen LogP contribution is -2.28. The van der Waals surface area contributed by atoms with E-state index in [0.717, 1.165) is 24.8 Å². The maximum Gasteiger partial charge on any atom is 0.406 e. The van der Waals surface area contributed by atoms with Crippen LogP contribution in [0.3, 0.4) is 0 Å². The highest BCUT2D eigenvalue weighted by molar-refractivity contribution is 7.90. The van der Waals surface area contributed by atoms with Crippen LogP contribution in [-0.4, -0.2) is 56.3 Å². The highest BCUT2D eigenvalue weighted by Gasteiger charge is 2.30. The van der Waals surface area contributed by atoms with E-state index in [4.69, 9.17) is 4.74 Å². The van der Waals surface area contributed by atoms with Crippen molar-refractivity contribution in [1.82, 2.24) is 4.57 Å². The van der Waals surface area contributed by atoms with E-state index in [2.05, 4.69) is 22.5 Å². The maximum absolute atomic E-state index is 13.5. The Balaban J connectivity index is 1.59. The fourth-order valence-electron chi connectivity index (χ4n) is 4.63. The van der Waals surface area contributed by atoms with Crippen LogP contribution in [0.25, 0.3) is 10.9 Å². The van der Waals surface area contributed by atoms with Crippen LogP contribution in [0.2, 0.25) is 0 Å². The van der Waals surface area contributed by atoms with E-state index in [1.54, 1.807) is 24.3 Å². The molecule has 0 spiro atoms. The molecule has 7 nitrogen and oxygen atoms in total. The Kier molecular flexibility index (Phi) is 8.13. The van der Waals surface area contributed by atoms with Gasteiger partial charge in [-0.3, -0.25) is 0 Å². The van der Waals surface area contributed by atoms with Gasteiger partial charge in [0, 0.05) is 29.4 Å². The first-order chi connectivity index (χ1) is 17.9. The highest BCUT2D eigenvalue weighted by Crippen LogP contribution is 2.32. The van der Waals surface area contributed by atoms with Crippen LogP contribution in [0.5, 0.6) is 5.75 Å². The summed E-state index contributed by atoms with van der Waals surface area (Å²) in [4.78, 5) is 0.108. The molecule has 0 unspecified atom stereocenters. The molecular formula is C27H30F3N3O4S. The molecule has 0 aliphatic heterocycles. The molecule has 1 fully saturated rings. The molecule has 3 aromatic rings. The Bertz CT molecular complexity index is 1460. The number of fused-ring (bicyclic) bond motifs is 1. The average molecular weight is 550 g/mol. The second-order valence-corrected chi connectivity index (χ2v) is 11.4. The molecule has 1 aliphatic rings. The number of halogens is 3. The summed E-state index contributed by atoms with van der Waals surface area (Å²) < 4.78 is 70.4. The molecule has 204 valence electrons. The summed E-state index contributed by atoms with van der Waals surface area (Å²) in [5.41, 5.74) is 1.90. The molecule has 0 bridgehead atoms. The number of nitrogens with one attached hydrogen (secondary N) is 2. The molecular weight excluding hydrogens is 519 g/mol. The second-order valence-electron chi connectivity index (χ2n) is 9.41. The molecule has 1 aliphatic carbocycles. The van der Waals surface area contributed by atoms with Gasteiger partial charge in [0.15, 0.2) is 9.84 Å². The topological polar surface area (TPSA) is 92.6 Å². The molecule has 1 heterocycles. The third-order valence-corrected chi connectivity index (χ3v) is 7.63. The minimum atomic E-state index is -4.43. The zero-order valence-electron chi connectivity index (χ0n) is 21.1. The van der Waals surface area contributed by atoms with E-state index in [-0.39, 0.29) is 29.3 Å².